The molecule has 1 heterocycles. The molecule has 0 aliphatic carbocycles. The summed E-state index contributed by atoms with van der Waals surface area (Å²) in [7, 11) is 1.32. The lowest BCUT2D eigenvalue weighted by molar-refractivity contribution is 0.462. The summed E-state index contributed by atoms with van der Waals surface area (Å²) in [5.41, 5.74) is 1.95. The van der Waals surface area contributed by atoms with Crippen molar-refractivity contribution in [3.05, 3.63) is 23.0 Å². The van der Waals surface area contributed by atoms with E-state index < -0.39 is 0 Å². The van der Waals surface area contributed by atoms with Crippen LogP contribution < -0.4 is 0 Å². The second kappa shape index (κ2) is 4.45. The van der Waals surface area contributed by atoms with E-state index in [4.69, 9.17) is 6.42 Å². The summed E-state index contributed by atoms with van der Waals surface area (Å²) in [4.78, 5) is 3.97. The fraction of sp³-hybridized carbons (Fsp3) is 0.222. The van der Waals surface area contributed by atoms with Crippen LogP contribution in [-0.2, 0) is 5.75 Å². The van der Waals surface area contributed by atoms with Gasteiger partial charge in [0.15, 0.2) is 0 Å². The molecule has 2 nitrogen and oxygen atoms in total. The van der Waals surface area contributed by atoms with Gasteiger partial charge in [0.05, 0.1) is 11.3 Å². The Morgan fingerprint density at radius 1 is 1.77 bits per heavy atom. The first-order chi connectivity index (χ1) is 6.20. The number of terminal acetylenes is 1. The van der Waals surface area contributed by atoms with E-state index in [9.17, 15) is 5.11 Å². The highest BCUT2D eigenvalue weighted by Crippen LogP contribution is 2.28. The van der Waals surface area contributed by atoms with E-state index in [1.165, 1.54) is 10.8 Å². The lowest BCUT2D eigenvalue weighted by Crippen LogP contribution is -1.93. The molecule has 0 aliphatic heterocycles. The minimum absolute atomic E-state index is 0.178. The highest BCUT2D eigenvalue weighted by molar-refractivity contribution is 8.68. The maximum atomic E-state index is 9.64. The zero-order valence-corrected chi connectivity index (χ0v) is 8.82. The Balaban J connectivity index is 3.26. The van der Waals surface area contributed by atoms with Crippen LogP contribution >= 0.6 is 22.5 Å². The van der Waals surface area contributed by atoms with Gasteiger partial charge in [0.2, 0.25) is 0 Å². The fourth-order valence-corrected chi connectivity index (χ4v) is 1.79. The number of aromatic nitrogens is 1. The summed E-state index contributed by atoms with van der Waals surface area (Å²) < 4.78 is 0. The third-order valence-corrected chi connectivity index (χ3v) is 2.51. The van der Waals surface area contributed by atoms with Gasteiger partial charge in [-0.1, -0.05) is 16.7 Å². The maximum Gasteiger partial charge on any atom is 0.142 e. The smallest absolute Gasteiger partial charge is 0.142 e. The number of hydrogen-bond donors (Lipinski definition) is 2. The van der Waals surface area contributed by atoms with Crippen LogP contribution in [0, 0.1) is 19.3 Å². The fourth-order valence-electron chi connectivity index (χ4n) is 0.981. The van der Waals surface area contributed by atoms with Crippen molar-refractivity contribution in [2.24, 2.45) is 0 Å². The molecule has 0 saturated heterocycles. The minimum Gasteiger partial charge on any atom is -0.506 e. The third kappa shape index (κ3) is 2.11. The zero-order chi connectivity index (χ0) is 9.84. The van der Waals surface area contributed by atoms with Crippen LogP contribution in [0.1, 0.15) is 16.8 Å². The Labute approximate surface area is 86.6 Å². The molecular weight excluding hydrogens is 202 g/mol. The number of nitrogens with zero attached hydrogens (tertiary/aromatic N) is 1. The van der Waals surface area contributed by atoms with Crippen LogP contribution in [-0.4, -0.2) is 10.1 Å². The molecule has 13 heavy (non-hydrogen) atoms. The van der Waals surface area contributed by atoms with Gasteiger partial charge in [-0.2, -0.15) is 0 Å². The van der Waals surface area contributed by atoms with Gasteiger partial charge < -0.3 is 5.11 Å². The number of thiol groups is 1. The molecule has 1 aromatic rings. The van der Waals surface area contributed by atoms with Crippen molar-refractivity contribution >= 4 is 22.5 Å². The van der Waals surface area contributed by atoms with Crippen molar-refractivity contribution in [1.82, 2.24) is 4.98 Å². The van der Waals surface area contributed by atoms with Crippen molar-refractivity contribution in [1.29, 1.82) is 0 Å². The predicted molar refractivity (Wildman–Crippen MR) is 58.9 cm³/mol. The largest absolute Gasteiger partial charge is 0.506 e. The van der Waals surface area contributed by atoms with Gasteiger partial charge in [0.25, 0.3) is 0 Å². The summed E-state index contributed by atoms with van der Waals surface area (Å²) in [6, 6.07) is 0. The first-order valence-electron chi connectivity index (χ1n) is 3.61. The van der Waals surface area contributed by atoms with Crippen LogP contribution in [0.3, 0.4) is 0 Å². The van der Waals surface area contributed by atoms with Gasteiger partial charge in [0, 0.05) is 17.5 Å². The molecule has 0 amide bonds. The van der Waals surface area contributed by atoms with Gasteiger partial charge in [-0.15, -0.1) is 18.1 Å². The molecule has 0 spiro atoms. The van der Waals surface area contributed by atoms with Crippen molar-refractivity contribution < 1.29 is 5.11 Å². The summed E-state index contributed by atoms with van der Waals surface area (Å²) >= 11 is 4.02. The van der Waals surface area contributed by atoms with Crippen LogP contribution in [0.2, 0.25) is 0 Å². The molecule has 0 aromatic carbocycles. The number of rotatable bonds is 2. The number of pyridine rings is 1. The molecule has 1 N–H and O–H groups in total. The Hall–Kier alpha value is -0.790. The van der Waals surface area contributed by atoms with Crippen LogP contribution in [0.15, 0.2) is 6.20 Å². The molecule has 0 fully saturated rings. The zero-order valence-electron chi connectivity index (χ0n) is 7.11. The van der Waals surface area contributed by atoms with Crippen LogP contribution in [0.4, 0.5) is 0 Å². The minimum atomic E-state index is 0.178. The van der Waals surface area contributed by atoms with E-state index in [1.807, 2.05) is 0 Å². The van der Waals surface area contributed by atoms with Gasteiger partial charge in [0.1, 0.15) is 5.75 Å². The Kier molecular flexibility index (Phi) is 3.52. The molecule has 0 aliphatic rings. The Morgan fingerprint density at radius 3 is 3.00 bits per heavy atom. The monoisotopic (exact) mass is 211 g/mol. The Bertz CT molecular complexity index is 357. The average molecular weight is 211 g/mol. The van der Waals surface area contributed by atoms with E-state index in [1.54, 1.807) is 13.1 Å². The van der Waals surface area contributed by atoms with Crippen molar-refractivity contribution in [2.75, 3.05) is 0 Å². The second-order valence-electron chi connectivity index (χ2n) is 2.50. The third-order valence-electron chi connectivity index (χ3n) is 1.71. The molecule has 1 aromatic heterocycles. The van der Waals surface area contributed by atoms with Gasteiger partial charge >= 0.3 is 0 Å². The SMILES string of the molecule is C#Cc1cnc(C)c(O)c1CSS. The van der Waals surface area contributed by atoms with Gasteiger partial charge in [-0.3, -0.25) is 4.98 Å². The van der Waals surface area contributed by atoms with Gasteiger partial charge in [-0.25, -0.2) is 0 Å². The number of aromatic hydroxyl groups is 1. The Morgan fingerprint density at radius 2 is 2.46 bits per heavy atom. The van der Waals surface area contributed by atoms with Crippen molar-refractivity contribution in [3.63, 3.8) is 0 Å². The predicted octanol–water partition coefficient (Wildman–Crippen LogP) is 2.15. The standard InChI is InChI=1S/C9H9NOS2/c1-3-7-4-10-6(2)9(11)8(7)5-13-12/h1,4,11-12H,5H2,2H3. The number of hydrogen-bond acceptors (Lipinski definition) is 4. The van der Waals surface area contributed by atoms with E-state index in [-0.39, 0.29) is 5.75 Å². The maximum absolute atomic E-state index is 9.64. The lowest BCUT2D eigenvalue weighted by atomic mass is 10.1. The average Bonchev–Trinajstić information content (AvgIpc) is 2.14. The molecule has 1 rings (SSSR count). The summed E-state index contributed by atoms with van der Waals surface area (Å²) in [5, 5.41) is 9.64. The van der Waals surface area contributed by atoms with Crippen LogP contribution in [0.25, 0.3) is 0 Å². The normalized spacial score (nSPS) is 9.62. The van der Waals surface area contributed by atoms with E-state index in [0.29, 0.717) is 17.0 Å². The molecule has 0 saturated carbocycles. The molecule has 0 radical (unpaired) electrons. The second-order valence-corrected chi connectivity index (χ2v) is 3.82. The molecule has 0 bridgehead atoms. The topological polar surface area (TPSA) is 33.1 Å². The molecule has 0 unspecified atom stereocenters. The summed E-state index contributed by atoms with van der Waals surface area (Å²) in [6.07, 6.45) is 6.86. The molecule has 4 heteroatoms. The molecular formula is C9H9NOS2. The first kappa shape index (κ1) is 10.3. The van der Waals surface area contributed by atoms with E-state index in [0.717, 1.165) is 5.56 Å². The number of aryl methyl sites for hydroxylation is 1. The van der Waals surface area contributed by atoms with Gasteiger partial charge in [-0.05, 0) is 6.92 Å². The highest BCUT2D eigenvalue weighted by atomic mass is 33.1. The lowest BCUT2D eigenvalue weighted by Gasteiger charge is -2.06. The van der Waals surface area contributed by atoms with E-state index in [2.05, 4.69) is 22.6 Å². The van der Waals surface area contributed by atoms with Crippen molar-refractivity contribution in [3.8, 4) is 18.1 Å². The van der Waals surface area contributed by atoms with Crippen molar-refractivity contribution in [2.45, 2.75) is 12.7 Å². The van der Waals surface area contributed by atoms with E-state index >= 15 is 0 Å². The first-order valence-corrected chi connectivity index (χ1v) is 5.65. The van der Waals surface area contributed by atoms with Crippen LogP contribution in [0.5, 0.6) is 5.75 Å². The molecule has 0 atom stereocenters. The molecule has 68 valence electrons. The summed E-state index contributed by atoms with van der Waals surface area (Å²) in [6.45, 7) is 1.74. The quantitative estimate of drug-likeness (QED) is 0.447. The highest BCUT2D eigenvalue weighted by Gasteiger charge is 2.09. The summed E-state index contributed by atoms with van der Waals surface area (Å²) in [5.74, 6) is 3.24.